The van der Waals surface area contributed by atoms with Crippen LogP contribution in [0.25, 0.3) is 0 Å². The summed E-state index contributed by atoms with van der Waals surface area (Å²) < 4.78 is 9.88. The Morgan fingerprint density at radius 1 is 1.30 bits per heavy atom. The van der Waals surface area contributed by atoms with Crippen LogP contribution in [0.2, 0.25) is 0 Å². The lowest BCUT2D eigenvalue weighted by Gasteiger charge is -1.97. The van der Waals surface area contributed by atoms with Gasteiger partial charge in [0.1, 0.15) is 0 Å². The summed E-state index contributed by atoms with van der Waals surface area (Å²) in [5, 5.41) is 0. The molecule has 60 valence electrons. The van der Waals surface area contributed by atoms with Crippen LogP contribution >= 0.6 is 0 Å². The lowest BCUT2D eigenvalue weighted by Crippen LogP contribution is -2.01. The van der Waals surface area contributed by atoms with Crippen molar-refractivity contribution in [2.75, 3.05) is 33.5 Å². The molecular formula is C7H15NO2. The van der Waals surface area contributed by atoms with Crippen molar-refractivity contribution in [2.24, 2.45) is 5.73 Å². The molecule has 0 rings (SSSR count). The van der Waals surface area contributed by atoms with Crippen molar-refractivity contribution < 1.29 is 9.47 Å². The van der Waals surface area contributed by atoms with Crippen molar-refractivity contribution in [3.8, 4) is 0 Å². The van der Waals surface area contributed by atoms with Crippen molar-refractivity contribution in [3.63, 3.8) is 0 Å². The number of rotatable bonds is 6. The zero-order valence-corrected chi connectivity index (χ0v) is 6.38. The molecule has 10 heavy (non-hydrogen) atoms. The molecular weight excluding hydrogens is 130 g/mol. The minimum absolute atomic E-state index is 0.577. The van der Waals surface area contributed by atoms with Crippen LogP contribution in [0.4, 0.5) is 0 Å². The SMILES string of the molecule is COCCOCC=CCN. The van der Waals surface area contributed by atoms with Gasteiger partial charge in [-0.3, -0.25) is 0 Å². The van der Waals surface area contributed by atoms with Gasteiger partial charge in [0.2, 0.25) is 0 Å². The maximum Gasteiger partial charge on any atom is 0.0704 e. The minimum Gasteiger partial charge on any atom is -0.382 e. The van der Waals surface area contributed by atoms with E-state index in [1.807, 2.05) is 12.2 Å². The van der Waals surface area contributed by atoms with Gasteiger partial charge in [-0.15, -0.1) is 0 Å². The van der Waals surface area contributed by atoms with Crippen molar-refractivity contribution in [3.05, 3.63) is 12.2 Å². The first kappa shape index (κ1) is 9.62. The molecule has 0 heterocycles. The summed E-state index contributed by atoms with van der Waals surface area (Å²) >= 11 is 0. The van der Waals surface area contributed by atoms with Gasteiger partial charge in [-0.05, 0) is 0 Å². The molecule has 0 aromatic heterocycles. The van der Waals surface area contributed by atoms with Gasteiger partial charge in [0.15, 0.2) is 0 Å². The predicted molar refractivity (Wildman–Crippen MR) is 40.9 cm³/mol. The first-order valence-electron chi connectivity index (χ1n) is 3.33. The second kappa shape index (κ2) is 8.62. The molecule has 3 nitrogen and oxygen atoms in total. The van der Waals surface area contributed by atoms with Crippen LogP contribution in [-0.2, 0) is 9.47 Å². The molecule has 0 fully saturated rings. The fraction of sp³-hybridized carbons (Fsp3) is 0.714. The first-order chi connectivity index (χ1) is 4.91. The van der Waals surface area contributed by atoms with Gasteiger partial charge in [-0.25, -0.2) is 0 Å². The zero-order chi connectivity index (χ0) is 7.66. The second-order valence-corrected chi connectivity index (χ2v) is 1.77. The van der Waals surface area contributed by atoms with Crippen LogP contribution in [0.5, 0.6) is 0 Å². The Morgan fingerprint density at radius 2 is 2.10 bits per heavy atom. The maximum atomic E-state index is 5.20. The average molecular weight is 145 g/mol. The number of ether oxygens (including phenoxy) is 2. The van der Waals surface area contributed by atoms with Gasteiger partial charge in [0, 0.05) is 13.7 Å². The van der Waals surface area contributed by atoms with Gasteiger partial charge in [-0.1, -0.05) is 12.2 Å². The van der Waals surface area contributed by atoms with E-state index in [4.69, 9.17) is 15.2 Å². The highest BCUT2D eigenvalue weighted by Crippen LogP contribution is 1.77. The van der Waals surface area contributed by atoms with Gasteiger partial charge >= 0.3 is 0 Å². The highest BCUT2D eigenvalue weighted by Gasteiger charge is 1.81. The third kappa shape index (κ3) is 7.62. The minimum atomic E-state index is 0.577. The van der Waals surface area contributed by atoms with Gasteiger partial charge < -0.3 is 15.2 Å². The Hall–Kier alpha value is -0.380. The molecule has 0 amide bonds. The summed E-state index contributed by atoms with van der Waals surface area (Å²) in [7, 11) is 1.65. The Balaban J connectivity index is 2.83. The standard InChI is InChI=1S/C7H15NO2/c1-9-6-7-10-5-3-2-4-8/h2-3H,4-8H2,1H3. The highest BCUT2D eigenvalue weighted by atomic mass is 16.5. The number of nitrogens with two attached hydrogens (primary N) is 1. The van der Waals surface area contributed by atoms with Gasteiger partial charge in [0.05, 0.1) is 19.8 Å². The third-order valence-electron chi connectivity index (χ3n) is 0.949. The van der Waals surface area contributed by atoms with E-state index in [0.29, 0.717) is 26.4 Å². The highest BCUT2D eigenvalue weighted by molar-refractivity contribution is 4.81. The van der Waals surface area contributed by atoms with E-state index in [1.165, 1.54) is 0 Å². The monoisotopic (exact) mass is 145 g/mol. The van der Waals surface area contributed by atoms with Crippen LogP contribution in [0, 0.1) is 0 Å². The summed E-state index contributed by atoms with van der Waals surface area (Å²) in [6.07, 6.45) is 3.77. The molecule has 0 saturated heterocycles. The third-order valence-corrected chi connectivity index (χ3v) is 0.949. The van der Waals surface area contributed by atoms with Gasteiger partial charge in [0.25, 0.3) is 0 Å². The smallest absolute Gasteiger partial charge is 0.0704 e. The zero-order valence-electron chi connectivity index (χ0n) is 6.38. The topological polar surface area (TPSA) is 44.5 Å². The van der Waals surface area contributed by atoms with Crippen LogP contribution in [0.1, 0.15) is 0 Å². The summed E-state index contributed by atoms with van der Waals surface area (Å²) in [5.41, 5.74) is 5.20. The Kier molecular flexibility index (Phi) is 8.29. The Bertz CT molecular complexity index is 83.7. The maximum absolute atomic E-state index is 5.20. The van der Waals surface area contributed by atoms with Crippen LogP contribution in [0.15, 0.2) is 12.2 Å². The van der Waals surface area contributed by atoms with E-state index in [0.717, 1.165) is 0 Å². The van der Waals surface area contributed by atoms with E-state index >= 15 is 0 Å². The van der Waals surface area contributed by atoms with Crippen molar-refractivity contribution in [1.82, 2.24) is 0 Å². The van der Waals surface area contributed by atoms with E-state index < -0.39 is 0 Å². The number of methoxy groups -OCH3 is 1. The lowest BCUT2D eigenvalue weighted by atomic mass is 10.5. The molecule has 0 aliphatic carbocycles. The molecule has 0 aliphatic rings. The molecule has 0 spiro atoms. The molecule has 0 aromatic rings. The van der Waals surface area contributed by atoms with Gasteiger partial charge in [-0.2, -0.15) is 0 Å². The quantitative estimate of drug-likeness (QED) is 0.428. The summed E-state index contributed by atoms with van der Waals surface area (Å²) in [5.74, 6) is 0. The van der Waals surface area contributed by atoms with Crippen molar-refractivity contribution in [1.29, 1.82) is 0 Å². The van der Waals surface area contributed by atoms with E-state index in [2.05, 4.69) is 0 Å². The molecule has 0 saturated carbocycles. The largest absolute Gasteiger partial charge is 0.382 e. The number of hydrogen-bond donors (Lipinski definition) is 1. The molecule has 0 unspecified atom stereocenters. The normalized spacial score (nSPS) is 11.0. The van der Waals surface area contributed by atoms with E-state index in [1.54, 1.807) is 7.11 Å². The second-order valence-electron chi connectivity index (χ2n) is 1.77. The Morgan fingerprint density at radius 3 is 2.70 bits per heavy atom. The van der Waals surface area contributed by atoms with Crippen molar-refractivity contribution >= 4 is 0 Å². The molecule has 2 N–H and O–H groups in total. The van der Waals surface area contributed by atoms with Crippen LogP contribution in [-0.4, -0.2) is 33.5 Å². The van der Waals surface area contributed by atoms with Crippen LogP contribution < -0.4 is 5.73 Å². The molecule has 0 aromatic carbocycles. The van der Waals surface area contributed by atoms with Crippen molar-refractivity contribution in [2.45, 2.75) is 0 Å². The summed E-state index contributed by atoms with van der Waals surface area (Å²) in [4.78, 5) is 0. The molecule has 0 bridgehead atoms. The number of hydrogen-bond acceptors (Lipinski definition) is 3. The molecule has 0 aliphatic heterocycles. The lowest BCUT2D eigenvalue weighted by molar-refractivity contribution is 0.0853. The average Bonchev–Trinajstić information content (AvgIpc) is 1.97. The molecule has 0 radical (unpaired) electrons. The molecule has 0 atom stereocenters. The predicted octanol–water partition coefficient (Wildman–Crippen LogP) is 0.164. The first-order valence-corrected chi connectivity index (χ1v) is 3.33. The van der Waals surface area contributed by atoms with Crippen LogP contribution in [0.3, 0.4) is 0 Å². The summed E-state index contributed by atoms with van der Waals surface area (Å²) in [6, 6.07) is 0. The molecule has 3 heteroatoms. The Labute approximate surface area is 61.8 Å². The fourth-order valence-corrected chi connectivity index (χ4v) is 0.458. The summed E-state index contributed by atoms with van der Waals surface area (Å²) in [6.45, 7) is 2.50. The van der Waals surface area contributed by atoms with E-state index in [9.17, 15) is 0 Å². The fourth-order valence-electron chi connectivity index (χ4n) is 0.458. The van der Waals surface area contributed by atoms with E-state index in [-0.39, 0.29) is 0 Å².